The summed E-state index contributed by atoms with van der Waals surface area (Å²) in [5, 5.41) is 12.7. The zero-order valence-electron chi connectivity index (χ0n) is 15.0. The largest absolute Gasteiger partial charge is 0.493 e. The quantitative estimate of drug-likeness (QED) is 0.561. The monoisotopic (exact) mass is 491 g/mol. The van der Waals surface area contributed by atoms with Crippen LogP contribution in [-0.4, -0.2) is 21.8 Å². The summed E-state index contributed by atoms with van der Waals surface area (Å²) in [6, 6.07) is 8.26. The minimum Gasteiger partial charge on any atom is -0.493 e. The number of rotatable bonds is 4. The van der Waals surface area contributed by atoms with Gasteiger partial charge < -0.3 is 10.4 Å². The maximum absolute atomic E-state index is 13.7. The van der Waals surface area contributed by atoms with Crippen molar-refractivity contribution in [3.63, 3.8) is 0 Å². The molecular weight excluding hydrogens is 480 g/mol. The number of aromatic hydroxyl groups is 1. The Morgan fingerprint density at radius 3 is 2.83 bits per heavy atom. The van der Waals surface area contributed by atoms with E-state index in [4.69, 9.17) is 0 Å². The van der Waals surface area contributed by atoms with E-state index in [1.165, 1.54) is 0 Å². The van der Waals surface area contributed by atoms with E-state index in [1.54, 1.807) is 12.3 Å². The maximum atomic E-state index is 13.7. The number of benzene rings is 2. The van der Waals surface area contributed by atoms with Gasteiger partial charge in [0.05, 0.1) is 16.3 Å². The Bertz CT molecular complexity index is 1300. The van der Waals surface area contributed by atoms with Crippen LogP contribution in [0.2, 0.25) is 0 Å². The van der Waals surface area contributed by atoms with E-state index in [2.05, 4.69) is 26.2 Å². The molecule has 0 fully saturated rings. The highest BCUT2D eigenvalue weighted by Gasteiger charge is 2.19. The lowest BCUT2D eigenvalue weighted by Gasteiger charge is -2.07. The molecule has 152 valence electrons. The lowest BCUT2D eigenvalue weighted by Crippen LogP contribution is -2.24. The number of hydrogen-bond donors (Lipinski definition) is 2. The Labute approximate surface area is 181 Å². The predicted molar refractivity (Wildman–Crippen MR) is 115 cm³/mol. The van der Waals surface area contributed by atoms with Crippen molar-refractivity contribution in [3.8, 4) is 5.88 Å². The normalized spacial score (nSPS) is 13.6. The van der Waals surface area contributed by atoms with E-state index in [1.807, 2.05) is 18.2 Å². The molecule has 1 aliphatic heterocycles. The summed E-state index contributed by atoms with van der Waals surface area (Å²) in [5.41, 5.74) is 2.07. The van der Waals surface area contributed by atoms with E-state index in [-0.39, 0.29) is 16.4 Å². The summed E-state index contributed by atoms with van der Waals surface area (Å²) >= 11 is 4.16. The van der Waals surface area contributed by atoms with Crippen molar-refractivity contribution in [3.05, 3.63) is 72.6 Å². The Morgan fingerprint density at radius 1 is 1.27 bits per heavy atom. The number of carbonyl (C=O) groups is 1. The molecule has 2 N–H and O–H groups in total. The average molecular weight is 492 g/mol. The molecule has 2 heterocycles. The van der Waals surface area contributed by atoms with Crippen molar-refractivity contribution in [1.82, 2.24) is 4.57 Å². The molecule has 0 radical (unpaired) electrons. The summed E-state index contributed by atoms with van der Waals surface area (Å²) in [7, 11) is 0. The smallest absolute Gasteiger partial charge is 0.311 e. The van der Waals surface area contributed by atoms with Crippen LogP contribution in [0.25, 0.3) is 11.6 Å². The Kier molecular flexibility index (Phi) is 5.35. The number of aromatic nitrogens is 1. The molecule has 0 saturated heterocycles. The van der Waals surface area contributed by atoms with Gasteiger partial charge in [0.2, 0.25) is 11.8 Å². The molecule has 2 aromatic carbocycles. The van der Waals surface area contributed by atoms with Crippen LogP contribution >= 0.6 is 27.3 Å². The Morgan fingerprint density at radius 2 is 2.07 bits per heavy atom. The van der Waals surface area contributed by atoms with Crippen molar-refractivity contribution in [2.75, 3.05) is 5.32 Å². The fraction of sp³-hybridized carbons (Fsp3) is 0.0500. The van der Waals surface area contributed by atoms with Gasteiger partial charge >= 0.3 is 4.87 Å². The number of thiazole rings is 1. The van der Waals surface area contributed by atoms with Gasteiger partial charge in [-0.2, -0.15) is 0 Å². The number of carbonyl (C=O) groups excluding carboxylic acids is 1. The Balaban J connectivity index is 1.58. The third kappa shape index (κ3) is 3.96. The fourth-order valence-electron chi connectivity index (χ4n) is 2.89. The zero-order valence-corrected chi connectivity index (χ0v) is 17.4. The van der Waals surface area contributed by atoms with Gasteiger partial charge in [0.25, 0.3) is 0 Å². The third-order valence-electron chi connectivity index (χ3n) is 4.30. The first-order valence-corrected chi connectivity index (χ1v) is 10.2. The highest BCUT2D eigenvalue weighted by Crippen LogP contribution is 2.36. The summed E-state index contributed by atoms with van der Waals surface area (Å²) in [6.45, 7) is -0.530. The molecule has 10 heteroatoms. The minimum absolute atomic E-state index is 0.226. The molecule has 30 heavy (non-hydrogen) atoms. The molecule has 0 unspecified atom stereocenters. The molecule has 1 aromatic heterocycles. The van der Waals surface area contributed by atoms with Crippen LogP contribution in [-0.2, 0) is 11.3 Å². The van der Waals surface area contributed by atoms with Gasteiger partial charge in [0.15, 0.2) is 0 Å². The number of amides is 1. The van der Waals surface area contributed by atoms with Crippen LogP contribution in [0.4, 0.5) is 20.2 Å². The third-order valence-corrected chi connectivity index (χ3v) is 5.71. The zero-order chi connectivity index (χ0) is 21.4. The first kappa shape index (κ1) is 20.2. The number of allylic oxidation sites excluding steroid dienone is 1. The number of aliphatic imine (C=N–C) groups is 1. The van der Waals surface area contributed by atoms with Crippen LogP contribution < -0.4 is 10.2 Å². The van der Waals surface area contributed by atoms with Gasteiger partial charge in [-0.15, -0.1) is 0 Å². The lowest BCUT2D eigenvalue weighted by molar-refractivity contribution is -0.116. The molecule has 1 amide bonds. The Hall–Kier alpha value is -3.11. The molecule has 0 atom stereocenters. The second kappa shape index (κ2) is 7.96. The number of halogens is 3. The molecular formula is C20H12BrF2N3O3S. The second-order valence-corrected chi connectivity index (χ2v) is 8.24. The van der Waals surface area contributed by atoms with Crippen LogP contribution in [0.5, 0.6) is 5.88 Å². The van der Waals surface area contributed by atoms with Crippen molar-refractivity contribution in [2.45, 2.75) is 6.54 Å². The minimum atomic E-state index is -0.944. The molecule has 4 rings (SSSR count). The lowest BCUT2D eigenvalue weighted by atomic mass is 10.1. The average Bonchev–Trinajstić information content (AvgIpc) is 3.20. The number of hydrogen-bond acceptors (Lipinski definition) is 5. The number of nitrogens with one attached hydrogen (secondary N) is 1. The van der Waals surface area contributed by atoms with E-state index in [0.717, 1.165) is 43.8 Å². The standard InChI is InChI=1S/C20H12BrF2N3O3S/c21-11-1-3-15-13(6-11)10(8-24-15)5-17-19(28)26(20(29)30-17)9-18(27)25-16-4-2-12(22)7-14(16)23/h1-8,28H,9H2,(H,25,27). The van der Waals surface area contributed by atoms with Crippen molar-refractivity contribution in [2.24, 2.45) is 4.99 Å². The van der Waals surface area contributed by atoms with Gasteiger partial charge in [-0.25, -0.2) is 8.78 Å². The van der Waals surface area contributed by atoms with Gasteiger partial charge in [0, 0.05) is 27.9 Å². The van der Waals surface area contributed by atoms with Gasteiger partial charge in [-0.05, 0) is 36.4 Å². The summed E-state index contributed by atoms with van der Waals surface area (Å²) < 4.78 is 28.4. The van der Waals surface area contributed by atoms with Crippen LogP contribution in [0, 0.1) is 11.6 Å². The van der Waals surface area contributed by atoms with Gasteiger partial charge in [-0.3, -0.25) is 19.1 Å². The van der Waals surface area contributed by atoms with Crippen molar-refractivity contribution < 1.29 is 18.7 Å². The van der Waals surface area contributed by atoms with Crippen molar-refractivity contribution >= 4 is 62.4 Å². The number of nitrogens with zero attached hydrogens (tertiary/aromatic N) is 2. The molecule has 0 aliphatic carbocycles. The summed E-state index contributed by atoms with van der Waals surface area (Å²) in [5.74, 6) is -2.85. The molecule has 0 saturated carbocycles. The molecule has 0 bridgehead atoms. The summed E-state index contributed by atoms with van der Waals surface area (Å²) in [4.78, 5) is 28.5. The molecule has 0 spiro atoms. The van der Waals surface area contributed by atoms with Gasteiger partial charge in [-0.1, -0.05) is 27.3 Å². The van der Waals surface area contributed by atoms with E-state index in [0.29, 0.717) is 11.6 Å². The summed E-state index contributed by atoms with van der Waals surface area (Å²) in [6.07, 6.45) is 3.23. The first-order valence-electron chi connectivity index (χ1n) is 8.55. The van der Waals surface area contributed by atoms with Crippen LogP contribution in [0.3, 0.4) is 0 Å². The molecule has 3 aromatic rings. The van der Waals surface area contributed by atoms with Crippen LogP contribution in [0.1, 0.15) is 10.4 Å². The molecule has 1 aliphatic rings. The van der Waals surface area contributed by atoms with Gasteiger partial charge in [0.1, 0.15) is 18.2 Å². The van der Waals surface area contributed by atoms with Crippen LogP contribution in [0.15, 0.2) is 50.7 Å². The van der Waals surface area contributed by atoms with E-state index in [9.17, 15) is 23.5 Å². The first-order chi connectivity index (χ1) is 14.3. The van der Waals surface area contributed by atoms with E-state index < -0.39 is 29.0 Å². The highest BCUT2D eigenvalue weighted by atomic mass is 79.9. The predicted octanol–water partition coefficient (Wildman–Crippen LogP) is 4.55. The highest BCUT2D eigenvalue weighted by molar-refractivity contribution is 9.10. The number of anilines is 1. The number of fused-ring (bicyclic) bond motifs is 1. The van der Waals surface area contributed by atoms with E-state index >= 15 is 0 Å². The maximum Gasteiger partial charge on any atom is 0.311 e. The SMILES string of the molecule is O=C(Cn1c(O)c(C=C2C=Nc3ccc(Br)cc32)sc1=O)Nc1ccc(F)cc1F. The fourth-order valence-corrected chi connectivity index (χ4v) is 4.09. The van der Waals surface area contributed by atoms with Crippen molar-refractivity contribution in [1.29, 1.82) is 0 Å². The topological polar surface area (TPSA) is 83.7 Å². The molecule has 6 nitrogen and oxygen atoms in total. The second-order valence-electron chi connectivity index (χ2n) is 6.33.